The fourth-order valence-electron chi connectivity index (χ4n) is 4.44. The van der Waals surface area contributed by atoms with Crippen LogP contribution in [-0.4, -0.2) is 36.2 Å². The van der Waals surface area contributed by atoms with Gasteiger partial charge in [-0.2, -0.15) is 0 Å². The maximum Gasteiger partial charge on any atom is 0.257 e. The van der Waals surface area contributed by atoms with E-state index in [1.807, 2.05) is 18.4 Å². The van der Waals surface area contributed by atoms with Gasteiger partial charge in [-0.1, -0.05) is 37.7 Å². The van der Waals surface area contributed by atoms with E-state index >= 15 is 0 Å². The summed E-state index contributed by atoms with van der Waals surface area (Å²) < 4.78 is 11.1. The fraction of sp³-hybridized carbons (Fsp3) is 0.409. The molecule has 0 spiro atoms. The minimum atomic E-state index is -0.586. The predicted molar refractivity (Wildman–Crippen MR) is 117 cm³/mol. The lowest BCUT2D eigenvalue weighted by Crippen LogP contribution is -2.37. The summed E-state index contributed by atoms with van der Waals surface area (Å²) >= 11 is 1.36. The van der Waals surface area contributed by atoms with Crippen molar-refractivity contribution in [2.24, 2.45) is 5.41 Å². The number of nitrogens with one attached hydrogen (secondary N) is 2. The van der Waals surface area contributed by atoms with Crippen LogP contribution in [0.3, 0.4) is 0 Å². The summed E-state index contributed by atoms with van der Waals surface area (Å²) in [5, 5.41) is 3.83. The van der Waals surface area contributed by atoms with E-state index in [0.717, 1.165) is 5.70 Å². The Hall–Kier alpha value is -2.74. The summed E-state index contributed by atoms with van der Waals surface area (Å²) in [6, 6.07) is 5.51. The molecule has 2 heterocycles. The highest BCUT2D eigenvalue weighted by Crippen LogP contribution is 2.50. The van der Waals surface area contributed by atoms with E-state index in [0.29, 0.717) is 52.0 Å². The van der Waals surface area contributed by atoms with Crippen LogP contribution in [0.5, 0.6) is 11.5 Å². The normalized spacial score (nSPS) is 19.6. The van der Waals surface area contributed by atoms with Gasteiger partial charge in [-0.25, -0.2) is 4.98 Å². The lowest BCUT2D eigenvalue weighted by Gasteiger charge is -2.38. The van der Waals surface area contributed by atoms with Crippen LogP contribution < -0.4 is 20.3 Å². The number of ketones is 1. The third kappa shape index (κ3) is 3.29. The molecule has 1 aromatic heterocycles. The summed E-state index contributed by atoms with van der Waals surface area (Å²) in [6.07, 6.45) is 2.97. The number of aromatic nitrogens is 2. The number of nitrogens with zero attached hydrogens (tertiary/aromatic N) is 1. The molecule has 1 aliphatic heterocycles. The van der Waals surface area contributed by atoms with Gasteiger partial charge in [0.1, 0.15) is 5.82 Å². The molecule has 2 N–H and O–H groups in total. The molecule has 158 valence electrons. The maximum atomic E-state index is 13.3. The Bertz CT molecular complexity index is 1120. The van der Waals surface area contributed by atoms with Gasteiger partial charge in [-0.3, -0.25) is 9.59 Å². The summed E-state index contributed by atoms with van der Waals surface area (Å²) in [4.78, 5) is 33.9. The quantitative estimate of drug-likeness (QED) is 0.567. The Morgan fingerprint density at radius 1 is 1.17 bits per heavy atom. The number of carbonyl (C=O) groups excluding carboxylic acids is 1. The van der Waals surface area contributed by atoms with Crippen molar-refractivity contribution < 1.29 is 14.3 Å². The van der Waals surface area contributed by atoms with Crippen molar-refractivity contribution in [2.75, 3.05) is 25.8 Å². The number of H-pyrrole nitrogens is 1. The number of Topliss-reactive ketones (excluding diaryl/α,β-unsaturated/α-hetero) is 1. The van der Waals surface area contributed by atoms with Gasteiger partial charge in [0.25, 0.3) is 5.56 Å². The van der Waals surface area contributed by atoms with Crippen molar-refractivity contribution in [3.63, 3.8) is 0 Å². The summed E-state index contributed by atoms with van der Waals surface area (Å²) in [5.41, 5.74) is 2.13. The first kappa shape index (κ1) is 20.5. The SMILES string of the molecule is COc1cccc(C2C3=C(CC(C)(C)CC3=O)Nc3nc(SC)[nH]c(=O)c32)c1OC. The van der Waals surface area contributed by atoms with Crippen molar-refractivity contribution in [2.45, 2.75) is 37.8 Å². The molecule has 0 saturated carbocycles. The molecular weight excluding hydrogens is 402 g/mol. The highest BCUT2D eigenvalue weighted by Gasteiger charge is 2.43. The highest BCUT2D eigenvalue weighted by molar-refractivity contribution is 7.98. The van der Waals surface area contributed by atoms with Gasteiger partial charge >= 0.3 is 0 Å². The maximum absolute atomic E-state index is 13.3. The minimum Gasteiger partial charge on any atom is -0.493 e. The number of hydrogen-bond acceptors (Lipinski definition) is 7. The highest BCUT2D eigenvalue weighted by atomic mass is 32.2. The summed E-state index contributed by atoms with van der Waals surface area (Å²) in [5.74, 6) is 0.989. The van der Waals surface area contributed by atoms with Crippen LogP contribution in [0.1, 0.15) is 43.7 Å². The second-order valence-electron chi connectivity index (χ2n) is 8.31. The molecule has 7 nitrogen and oxygen atoms in total. The second kappa shape index (κ2) is 7.50. The average molecular weight is 428 g/mol. The zero-order valence-electron chi connectivity index (χ0n) is 17.7. The number of ether oxygens (including phenoxy) is 2. The monoisotopic (exact) mass is 427 g/mol. The number of allylic oxidation sites excluding steroid dienone is 2. The number of hydrogen-bond donors (Lipinski definition) is 2. The molecule has 30 heavy (non-hydrogen) atoms. The molecule has 2 aliphatic rings. The van der Waals surface area contributed by atoms with Crippen LogP contribution in [-0.2, 0) is 4.79 Å². The predicted octanol–water partition coefficient (Wildman–Crippen LogP) is 3.71. The minimum absolute atomic E-state index is 0.0302. The number of para-hydroxylation sites is 1. The van der Waals surface area contributed by atoms with Gasteiger partial charge in [-0.15, -0.1) is 0 Å². The number of fused-ring (bicyclic) bond motifs is 1. The zero-order valence-corrected chi connectivity index (χ0v) is 18.5. The molecule has 0 radical (unpaired) electrons. The number of aromatic amines is 1. The molecule has 2 aromatic rings. The van der Waals surface area contributed by atoms with E-state index in [1.54, 1.807) is 20.3 Å². The first-order valence-electron chi connectivity index (χ1n) is 9.72. The third-order valence-corrected chi connectivity index (χ3v) is 6.22. The molecule has 0 fully saturated rings. The van der Waals surface area contributed by atoms with Gasteiger partial charge in [-0.05, 0) is 24.2 Å². The summed E-state index contributed by atoms with van der Waals surface area (Å²) in [6.45, 7) is 4.15. The molecule has 1 atom stereocenters. The number of benzene rings is 1. The Balaban J connectivity index is 2.04. The third-order valence-electron chi connectivity index (χ3n) is 5.64. The number of anilines is 1. The van der Waals surface area contributed by atoms with Crippen molar-refractivity contribution in [1.29, 1.82) is 0 Å². The first-order chi connectivity index (χ1) is 14.3. The van der Waals surface area contributed by atoms with E-state index in [1.165, 1.54) is 11.8 Å². The van der Waals surface area contributed by atoms with Crippen molar-refractivity contribution in [3.05, 3.63) is 50.9 Å². The van der Waals surface area contributed by atoms with Crippen LogP contribution in [0.2, 0.25) is 0 Å². The molecule has 1 aromatic carbocycles. The van der Waals surface area contributed by atoms with Gasteiger partial charge in [0.2, 0.25) is 0 Å². The first-order valence-corrected chi connectivity index (χ1v) is 10.9. The van der Waals surface area contributed by atoms with Crippen LogP contribution in [0, 0.1) is 5.41 Å². The van der Waals surface area contributed by atoms with Crippen molar-refractivity contribution in [1.82, 2.24) is 9.97 Å². The van der Waals surface area contributed by atoms with Crippen LogP contribution in [0.25, 0.3) is 0 Å². The standard InChI is InChI=1S/C22H25N3O4S/c1-22(2)9-12-16(13(26)10-22)15(11-7-6-8-14(28-3)18(11)29-4)17-19(23-12)24-21(30-5)25-20(17)27/h6-8,15H,9-10H2,1-5H3,(H2,23,24,25,27). The molecule has 4 rings (SSSR count). The molecule has 0 saturated heterocycles. The van der Waals surface area contributed by atoms with Crippen molar-refractivity contribution in [3.8, 4) is 11.5 Å². The Kier molecular flexibility index (Phi) is 5.13. The average Bonchev–Trinajstić information content (AvgIpc) is 2.70. The molecule has 1 unspecified atom stereocenters. The van der Waals surface area contributed by atoms with E-state index in [9.17, 15) is 9.59 Å². The van der Waals surface area contributed by atoms with Crippen LogP contribution in [0.15, 0.2) is 39.4 Å². The smallest absolute Gasteiger partial charge is 0.257 e. The van der Waals surface area contributed by atoms with Gasteiger partial charge in [0, 0.05) is 23.3 Å². The lowest BCUT2D eigenvalue weighted by atomic mass is 9.69. The fourth-order valence-corrected chi connectivity index (χ4v) is 4.82. The lowest BCUT2D eigenvalue weighted by molar-refractivity contribution is -0.118. The molecule has 1 aliphatic carbocycles. The molecular formula is C22H25N3O4S. The Morgan fingerprint density at radius 3 is 2.60 bits per heavy atom. The Morgan fingerprint density at radius 2 is 1.93 bits per heavy atom. The Labute approximate surface area is 179 Å². The number of carbonyl (C=O) groups is 1. The van der Waals surface area contributed by atoms with E-state index < -0.39 is 5.92 Å². The van der Waals surface area contributed by atoms with E-state index in [2.05, 4.69) is 29.1 Å². The number of rotatable bonds is 4. The van der Waals surface area contributed by atoms with Crippen LogP contribution in [0.4, 0.5) is 5.82 Å². The van der Waals surface area contributed by atoms with E-state index in [4.69, 9.17) is 9.47 Å². The number of thioether (sulfide) groups is 1. The van der Waals surface area contributed by atoms with E-state index in [-0.39, 0.29) is 16.8 Å². The molecule has 8 heteroatoms. The topological polar surface area (TPSA) is 93.3 Å². The van der Waals surface area contributed by atoms with Crippen molar-refractivity contribution >= 4 is 23.4 Å². The van der Waals surface area contributed by atoms with Gasteiger partial charge < -0.3 is 19.8 Å². The summed E-state index contributed by atoms with van der Waals surface area (Å²) in [7, 11) is 3.12. The van der Waals surface area contributed by atoms with Crippen LogP contribution >= 0.6 is 11.8 Å². The molecule has 0 bridgehead atoms. The van der Waals surface area contributed by atoms with Gasteiger partial charge in [0.05, 0.1) is 25.7 Å². The second-order valence-corrected chi connectivity index (χ2v) is 9.11. The number of methoxy groups -OCH3 is 2. The zero-order chi connectivity index (χ0) is 21.6. The van der Waals surface area contributed by atoms with Gasteiger partial charge in [0.15, 0.2) is 22.4 Å². The molecule has 0 amide bonds. The largest absolute Gasteiger partial charge is 0.493 e.